The van der Waals surface area contributed by atoms with Crippen LogP contribution in [0.1, 0.15) is 18.4 Å². The molecule has 1 N–H and O–H groups in total. The lowest BCUT2D eigenvalue weighted by atomic mass is 10.1. The molecule has 17 heavy (non-hydrogen) atoms. The van der Waals surface area contributed by atoms with Crippen molar-refractivity contribution in [3.8, 4) is 0 Å². The third kappa shape index (κ3) is 3.26. The Balaban J connectivity index is 1.98. The van der Waals surface area contributed by atoms with Crippen molar-refractivity contribution in [1.29, 1.82) is 0 Å². The smallest absolute Gasteiger partial charge is 0.124 e. The molecule has 1 aromatic carbocycles. The maximum atomic E-state index is 12.9. The van der Waals surface area contributed by atoms with Crippen LogP contribution < -0.4 is 0 Å². The summed E-state index contributed by atoms with van der Waals surface area (Å²) in [6, 6.07) is 4.76. The lowest BCUT2D eigenvalue weighted by Gasteiger charge is -2.27. The standard InChI is InChI=1S/C12H14BrFN2O/c13-12-7-10(14)2-1-9(12)8-16-5-3-11(15-17)4-6-16/h1-2,7,17H,3-6,8H2. The quantitative estimate of drug-likeness (QED) is 0.673. The molecular formula is C12H14BrFN2O. The van der Waals surface area contributed by atoms with E-state index >= 15 is 0 Å². The van der Waals surface area contributed by atoms with E-state index in [1.165, 1.54) is 12.1 Å². The lowest BCUT2D eigenvalue weighted by molar-refractivity contribution is 0.255. The van der Waals surface area contributed by atoms with E-state index in [4.69, 9.17) is 5.21 Å². The number of rotatable bonds is 2. The average molecular weight is 301 g/mol. The predicted octanol–water partition coefficient (Wildman–Crippen LogP) is 3.01. The Labute approximate surface area is 108 Å². The molecule has 3 nitrogen and oxygen atoms in total. The summed E-state index contributed by atoms with van der Waals surface area (Å²) in [5.74, 6) is -0.228. The molecule has 1 saturated heterocycles. The molecule has 0 amide bonds. The van der Waals surface area contributed by atoms with Gasteiger partial charge in [0.05, 0.1) is 5.71 Å². The Morgan fingerprint density at radius 1 is 1.35 bits per heavy atom. The molecule has 0 aromatic heterocycles. The molecule has 0 unspecified atom stereocenters. The number of oxime groups is 1. The maximum Gasteiger partial charge on any atom is 0.124 e. The summed E-state index contributed by atoms with van der Waals surface area (Å²) in [7, 11) is 0. The van der Waals surface area contributed by atoms with E-state index in [-0.39, 0.29) is 5.82 Å². The van der Waals surface area contributed by atoms with Gasteiger partial charge in [-0.2, -0.15) is 0 Å². The van der Waals surface area contributed by atoms with E-state index in [9.17, 15) is 4.39 Å². The Morgan fingerprint density at radius 2 is 2.06 bits per heavy atom. The molecule has 1 fully saturated rings. The van der Waals surface area contributed by atoms with Gasteiger partial charge in [-0.3, -0.25) is 4.90 Å². The van der Waals surface area contributed by atoms with Crippen LogP contribution in [0.2, 0.25) is 0 Å². The van der Waals surface area contributed by atoms with E-state index in [2.05, 4.69) is 26.0 Å². The van der Waals surface area contributed by atoms with E-state index in [1.54, 1.807) is 6.07 Å². The second-order valence-corrected chi connectivity index (χ2v) is 5.03. The molecule has 0 spiro atoms. The van der Waals surface area contributed by atoms with Gasteiger partial charge in [0, 0.05) is 36.9 Å². The van der Waals surface area contributed by atoms with Crippen LogP contribution in [0, 0.1) is 5.82 Å². The van der Waals surface area contributed by atoms with Crippen LogP contribution in [0.25, 0.3) is 0 Å². The van der Waals surface area contributed by atoms with Gasteiger partial charge in [-0.1, -0.05) is 27.2 Å². The highest BCUT2D eigenvalue weighted by Gasteiger charge is 2.16. The summed E-state index contributed by atoms with van der Waals surface area (Å²) in [5.41, 5.74) is 1.94. The van der Waals surface area contributed by atoms with Gasteiger partial charge in [0.2, 0.25) is 0 Å². The van der Waals surface area contributed by atoms with Crippen LogP contribution >= 0.6 is 15.9 Å². The Bertz CT molecular complexity index is 427. The second kappa shape index (κ2) is 5.60. The number of nitrogens with zero attached hydrogens (tertiary/aromatic N) is 2. The van der Waals surface area contributed by atoms with Gasteiger partial charge in [0.25, 0.3) is 0 Å². The first-order chi connectivity index (χ1) is 8.19. The largest absolute Gasteiger partial charge is 0.411 e. The second-order valence-electron chi connectivity index (χ2n) is 4.18. The zero-order valence-corrected chi connectivity index (χ0v) is 11.0. The Morgan fingerprint density at radius 3 is 2.65 bits per heavy atom. The summed E-state index contributed by atoms with van der Waals surface area (Å²) >= 11 is 3.37. The minimum Gasteiger partial charge on any atom is -0.411 e. The number of likely N-dealkylation sites (tertiary alicyclic amines) is 1. The molecule has 2 rings (SSSR count). The van der Waals surface area contributed by atoms with Crippen LogP contribution in [0.15, 0.2) is 27.8 Å². The van der Waals surface area contributed by atoms with Crippen LogP contribution in [-0.2, 0) is 6.54 Å². The number of hydrogen-bond donors (Lipinski definition) is 1. The third-order valence-corrected chi connectivity index (χ3v) is 3.72. The van der Waals surface area contributed by atoms with Crippen molar-refractivity contribution in [1.82, 2.24) is 4.90 Å². The maximum absolute atomic E-state index is 12.9. The first-order valence-corrected chi connectivity index (χ1v) is 6.34. The number of hydrogen-bond acceptors (Lipinski definition) is 3. The summed E-state index contributed by atoms with van der Waals surface area (Å²) in [6.45, 7) is 2.55. The Kier molecular flexibility index (Phi) is 4.12. The van der Waals surface area contributed by atoms with Crippen molar-refractivity contribution in [2.45, 2.75) is 19.4 Å². The van der Waals surface area contributed by atoms with Gasteiger partial charge in [-0.25, -0.2) is 4.39 Å². The first-order valence-electron chi connectivity index (χ1n) is 5.55. The fourth-order valence-corrected chi connectivity index (χ4v) is 2.44. The first kappa shape index (κ1) is 12.5. The molecule has 0 atom stereocenters. The zero-order valence-electron chi connectivity index (χ0n) is 9.37. The van der Waals surface area contributed by atoms with E-state index in [1.807, 2.05) is 0 Å². The molecule has 1 aromatic rings. The van der Waals surface area contributed by atoms with Gasteiger partial charge in [0.15, 0.2) is 0 Å². The molecule has 92 valence electrons. The fourth-order valence-electron chi connectivity index (χ4n) is 1.96. The zero-order chi connectivity index (χ0) is 12.3. The van der Waals surface area contributed by atoms with Crippen LogP contribution in [0.3, 0.4) is 0 Å². The molecule has 5 heteroatoms. The predicted molar refractivity (Wildman–Crippen MR) is 67.8 cm³/mol. The minimum absolute atomic E-state index is 0.228. The highest BCUT2D eigenvalue weighted by atomic mass is 79.9. The van der Waals surface area contributed by atoms with Crippen LogP contribution in [-0.4, -0.2) is 28.9 Å². The minimum atomic E-state index is -0.228. The normalized spacial score (nSPS) is 17.2. The molecule has 0 aliphatic carbocycles. The van der Waals surface area contributed by atoms with Crippen LogP contribution in [0.5, 0.6) is 0 Å². The molecular weight excluding hydrogens is 287 g/mol. The molecule has 0 bridgehead atoms. The topological polar surface area (TPSA) is 35.8 Å². The van der Waals surface area contributed by atoms with Gasteiger partial charge >= 0.3 is 0 Å². The molecule has 1 aliphatic rings. The summed E-state index contributed by atoms with van der Waals surface area (Å²) in [4.78, 5) is 2.27. The molecule has 0 radical (unpaired) electrons. The van der Waals surface area contributed by atoms with E-state index < -0.39 is 0 Å². The van der Waals surface area contributed by atoms with Crippen molar-refractivity contribution in [3.05, 3.63) is 34.1 Å². The highest BCUT2D eigenvalue weighted by molar-refractivity contribution is 9.10. The molecule has 0 saturated carbocycles. The lowest BCUT2D eigenvalue weighted by Crippen LogP contribution is -2.33. The van der Waals surface area contributed by atoms with Gasteiger partial charge in [-0.15, -0.1) is 0 Å². The van der Waals surface area contributed by atoms with Crippen molar-refractivity contribution >= 4 is 21.6 Å². The number of halogens is 2. The van der Waals surface area contributed by atoms with Crippen molar-refractivity contribution in [2.24, 2.45) is 5.16 Å². The van der Waals surface area contributed by atoms with Gasteiger partial charge in [-0.05, 0) is 17.7 Å². The number of piperidine rings is 1. The molecule has 1 heterocycles. The molecule has 1 aliphatic heterocycles. The summed E-state index contributed by atoms with van der Waals surface area (Å²) < 4.78 is 13.7. The van der Waals surface area contributed by atoms with Gasteiger partial charge in [0.1, 0.15) is 5.82 Å². The van der Waals surface area contributed by atoms with Crippen LogP contribution in [0.4, 0.5) is 4.39 Å². The van der Waals surface area contributed by atoms with E-state index in [0.717, 1.165) is 48.2 Å². The van der Waals surface area contributed by atoms with Gasteiger partial charge < -0.3 is 5.21 Å². The van der Waals surface area contributed by atoms with Crippen molar-refractivity contribution < 1.29 is 9.60 Å². The fraction of sp³-hybridized carbons (Fsp3) is 0.417. The highest BCUT2D eigenvalue weighted by Crippen LogP contribution is 2.21. The van der Waals surface area contributed by atoms with Crippen molar-refractivity contribution in [2.75, 3.05) is 13.1 Å². The third-order valence-electron chi connectivity index (χ3n) is 2.98. The SMILES string of the molecule is ON=C1CCN(Cc2ccc(F)cc2Br)CC1. The average Bonchev–Trinajstić information content (AvgIpc) is 2.34. The summed E-state index contributed by atoms with van der Waals surface area (Å²) in [5, 5.41) is 11.9. The summed E-state index contributed by atoms with van der Waals surface area (Å²) in [6.07, 6.45) is 1.60. The van der Waals surface area contributed by atoms with E-state index in [0.29, 0.717) is 0 Å². The Hall–Kier alpha value is -0.940. The monoisotopic (exact) mass is 300 g/mol. The number of benzene rings is 1. The van der Waals surface area contributed by atoms with Crippen molar-refractivity contribution in [3.63, 3.8) is 0 Å².